The molecule has 0 aromatic heterocycles. The zero-order chi connectivity index (χ0) is 16.0. The maximum absolute atomic E-state index is 10.1. The van der Waals surface area contributed by atoms with Crippen molar-refractivity contribution in [3.05, 3.63) is 9.66 Å². The summed E-state index contributed by atoms with van der Waals surface area (Å²) in [6, 6.07) is 0. The van der Waals surface area contributed by atoms with E-state index in [1.807, 2.05) is 0 Å². The Bertz CT molecular complexity index is 354. The van der Waals surface area contributed by atoms with E-state index in [9.17, 15) is 5.11 Å². The number of unbranched alkanes of at least 4 members (excludes halogenated alkanes) is 7. The van der Waals surface area contributed by atoms with Gasteiger partial charge in [-0.3, -0.25) is 0 Å². The van der Waals surface area contributed by atoms with Crippen LogP contribution in [0.3, 0.4) is 0 Å². The molecule has 1 nitrogen and oxygen atoms in total. The molecule has 22 heavy (non-hydrogen) atoms. The third-order valence-corrected chi connectivity index (χ3v) is 4.97. The van der Waals surface area contributed by atoms with Crippen molar-refractivity contribution >= 4 is 22.6 Å². The lowest BCUT2D eigenvalue weighted by molar-refractivity contribution is 0.133. The second-order valence-corrected chi connectivity index (χ2v) is 8.32. The summed E-state index contributed by atoms with van der Waals surface area (Å²) < 4.78 is 1.41. The van der Waals surface area contributed by atoms with Gasteiger partial charge in [0.05, 0.1) is 0 Å². The SMILES string of the molecule is C/C(I)=C/CCCCCCCCC#C[C@@H](O)C1CCCCC1. The van der Waals surface area contributed by atoms with E-state index in [0.29, 0.717) is 5.92 Å². The van der Waals surface area contributed by atoms with Crippen molar-refractivity contribution in [2.24, 2.45) is 5.92 Å². The molecule has 0 spiro atoms. The Labute approximate surface area is 151 Å². The monoisotopic (exact) mass is 416 g/mol. The van der Waals surface area contributed by atoms with Crippen molar-refractivity contribution in [1.82, 2.24) is 0 Å². The van der Waals surface area contributed by atoms with E-state index < -0.39 is 0 Å². The normalized spacial score (nSPS) is 17.9. The molecule has 0 radical (unpaired) electrons. The summed E-state index contributed by atoms with van der Waals surface area (Å²) in [4.78, 5) is 0. The molecule has 0 amide bonds. The molecule has 0 aromatic rings. The Morgan fingerprint density at radius 1 is 1.09 bits per heavy atom. The van der Waals surface area contributed by atoms with E-state index in [2.05, 4.69) is 47.4 Å². The number of allylic oxidation sites excluding steroid dienone is 2. The lowest BCUT2D eigenvalue weighted by Gasteiger charge is -2.23. The molecule has 1 fully saturated rings. The van der Waals surface area contributed by atoms with Crippen LogP contribution >= 0.6 is 22.6 Å². The van der Waals surface area contributed by atoms with Crippen LogP contribution in [-0.2, 0) is 0 Å². The quantitative estimate of drug-likeness (QED) is 0.262. The van der Waals surface area contributed by atoms with Crippen LogP contribution in [0.4, 0.5) is 0 Å². The summed E-state index contributed by atoms with van der Waals surface area (Å²) >= 11 is 2.38. The van der Waals surface area contributed by atoms with E-state index in [-0.39, 0.29) is 6.10 Å². The molecule has 2 heteroatoms. The molecule has 1 atom stereocenters. The van der Waals surface area contributed by atoms with Crippen LogP contribution in [0.5, 0.6) is 0 Å². The van der Waals surface area contributed by atoms with Crippen LogP contribution in [0, 0.1) is 17.8 Å². The molecule has 0 saturated heterocycles. The molecule has 0 unspecified atom stereocenters. The Morgan fingerprint density at radius 3 is 2.41 bits per heavy atom. The van der Waals surface area contributed by atoms with Gasteiger partial charge in [-0.15, -0.1) is 5.92 Å². The number of hydrogen-bond donors (Lipinski definition) is 1. The number of rotatable bonds is 9. The fraction of sp³-hybridized carbons (Fsp3) is 0.800. The van der Waals surface area contributed by atoms with Crippen LogP contribution in [0.25, 0.3) is 0 Å². The van der Waals surface area contributed by atoms with Gasteiger partial charge in [-0.25, -0.2) is 0 Å². The fourth-order valence-corrected chi connectivity index (χ4v) is 3.42. The average molecular weight is 416 g/mol. The van der Waals surface area contributed by atoms with Crippen LogP contribution in [0.2, 0.25) is 0 Å². The van der Waals surface area contributed by atoms with Gasteiger partial charge in [0.15, 0.2) is 0 Å². The maximum Gasteiger partial charge on any atom is 0.117 e. The molecule has 0 bridgehead atoms. The van der Waals surface area contributed by atoms with Crippen LogP contribution in [0.15, 0.2) is 9.66 Å². The summed E-state index contributed by atoms with van der Waals surface area (Å²) in [5, 5.41) is 10.1. The van der Waals surface area contributed by atoms with Crippen molar-refractivity contribution in [2.75, 3.05) is 0 Å². The Morgan fingerprint density at radius 2 is 1.73 bits per heavy atom. The average Bonchev–Trinajstić information content (AvgIpc) is 2.53. The molecule has 0 aliphatic heterocycles. The highest BCUT2D eigenvalue weighted by atomic mass is 127. The molecule has 0 aromatic carbocycles. The first-order valence-electron chi connectivity index (χ1n) is 9.19. The second-order valence-electron chi connectivity index (χ2n) is 6.61. The molecule has 126 valence electrons. The van der Waals surface area contributed by atoms with Crippen LogP contribution in [0.1, 0.15) is 90.4 Å². The lowest BCUT2D eigenvalue weighted by Crippen LogP contribution is -2.21. The van der Waals surface area contributed by atoms with Crippen molar-refractivity contribution in [3.63, 3.8) is 0 Å². The first kappa shape index (κ1) is 20.0. The third-order valence-electron chi connectivity index (χ3n) is 4.53. The minimum Gasteiger partial charge on any atom is -0.380 e. The second kappa shape index (κ2) is 13.4. The van der Waals surface area contributed by atoms with Gasteiger partial charge in [-0.1, -0.05) is 56.9 Å². The van der Waals surface area contributed by atoms with Gasteiger partial charge in [0.25, 0.3) is 0 Å². The van der Waals surface area contributed by atoms with Crippen molar-refractivity contribution in [3.8, 4) is 11.8 Å². The maximum atomic E-state index is 10.1. The predicted molar refractivity (Wildman–Crippen MR) is 105 cm³/mol. The standard InChI is InChI=1S/C20H33IO/c1-18(21)14-10-7-5-3-2-4-6-8-13-17-20(22)19-15-11-9-12-16-19/h14,19-20,22H,2-12,15-16H2,1H3/b18-14-/t20-/m1/s1. The molecule has 1 N–H and O–H groups in total. The molecular formula is C20H33IO. The van der Waals surface area contributed by atoms with Gasteiger partial charge >= 0.3 is 0 Å². The first-order chi connectivity index (χ1) is 10.7. The van der Waals surface area contributed by atoms with E-state index in [4.69, 9.17) is 0 Å². The molecule has 1 aliphatic rings. The Hall–Kier alpha value is -0.0100. The minimum absolute atomic E-state index is 0.366. The van der Waals surface area contributed by atoms with Crippen LogP contribution in [-0.4, -0.2) is 11.2 Å². The number of aliphatic hydroxyl groups is 1. The molecular weight excluding hydrogens is 383 g/mol. The smallest absolute Gasteiger partial charge is 0.117 e. The van der Waals surface area contributed by atoms with Crippen LogP contribution < -0.4 is 0 Å². The van der Waals surface area contributed by atoms with E-state index >= 15 is 0 Å². The van der Waals surface area contributed by atoms with Gasteiger partial charge in [0.2, 0.25) is 0 Å². The van der Waals surface area contributed by atoms with Gasteiger partial charge in [0.1, 0.15) is 6.10 Å². The molecule has 1 aliphatic carbocycles. The minimum atomic E-state index is -0.366. The highest BCUT2D eigenvalue weighted by molar-refractivity contribution is 14.1. The first-order valence-corrected chi connectivity index (χ1v) is 10.3. The van der Waals surface area contributed by atoms with Crippen molar-refractivity contribution in [2.45, 2.75) is 96.5 Å². The van der Waals surface area contributed by atoms with E-state index in [1.165, 1.54) is 80.6 Å². The predicted octanol–water partition coefficient (Wildman–Crippen LogP) is 6.39. The van der Waals surface area contributed by atoms with Gasteiger partial charge in [0, 0.05) is 6.42 Å². The number of hydrogen-bond acceptors (Lipinski definition) is 1. The zero-order valence-corrected chi connectivity index (χ0v) is 16.4. The Kier molecular flexibility index (Phi) is 12.2. The third kappa shape index (κ3) is 10.7. The zero-order valence-electron chi connectivity index (χ0n) is 14.2. The highest BCUT2D eigenvalue weighted by Crippen LogP contribution is 2.26. The summed E-state index contributed by atoms with van der Waals surface area (Å²) in [5.41, 5.74) is 0. The van der Waals surface area contributed by atoms with Gasteiger partial charge in [-0.05, 0) is 71.1 Å². The van der Waals surface area contributed by atoms with Crippen molar-refractivity contribution < 1.29 is 5.11 Å². The molecule has 1 saturated carbocycles. The lowest BCUT2D eigenvalue weighted by atomic mass is 9.85. The van der Waals surface area contributed by atoms with Gasteiger partial charge < -0.3 is 5.11 Å². The summed E-state index contributed by atoms with van der Waals surface area (Å²) in [6.45, 7) is 2.16. The largest absolute Gasteiger partial charge is 0.380 e. The summed E-state index contributed by atoms with van der Waals surface area (Å²) in [6.07, 6.45) is 18.2. The number of halogens is 1. The summed E-state index contributed by atoms with van der Waals surface area (Å²) in [5.74, 6) is 6.72. The van der Waals surface area contributed by atoms with E-state index in [0.717, 1.165) is 6.42 Å². The molecule has 1 rings (SSSR count). The fourth-order valence-electron chi connectivity index (χ4n) is 3.11. The van der Waals surface area contributed by atoms with E-state index in [1.54, 1.807) is 0 Å². The highest BCUT2D eigenvalue weighted by Gasteiger charge is 2.19. The Balaban J connectivity index is 1.92. The van der Waals surface area contributed by atoms with Crippen molar-refractivity contribution in [1.29, 1.82) is 0 Å². The summed E-state index contributed by atoms with van der Waals surface area (Å²) in [7, 11) is 0. The number of aliphatic hydroxyl groups excluding tert-OH is 1. The van der Waals surface area contributed by atoms with Gasteiger partial charge in [-0.2, -0.15) is 0 Å². The topological polar surface area (TPSA) is 20.2 Å². The molecule has 0 heterocycles.